The van der Waals surface area contributed by atoms with Gasteiger partial charge < -0.3 is 14.4 Å². The molecule has 7 heteroatoms. The molecule has 1 atom stereocenters. The Morgan fingerprint density at radius 3 is 2.81 bits per heavy atom. The molecule has 0 aliphatic carbocycles. The Kier molecular flexibility index (Phi) is 4.59. The fourth-order valence-corrected chi connectivity index (χ4v) is 3.14. The van der Waals surface area contributed by atoms with E-state index in [1.54, 1.807) is 7.11 Å². The van der Waals surface area contributed by atoms with Crippen LogP contribution < -0.4 is 4.90 Å². The molecule has 0 radical (unpaired) electrons. The van der Waals surface area contributed by atoms with Gasteiger partial charge in [0.2, 0.25) is 0 Å². The van der Waals surface area contributed by atoms with Crippen LogP contribution in [-0.4, -0.2) is 66.9 Å². The van der Waals surface area contributed by atoms with Crippen molar-refractivity contribution in [3.8, 4) is 0 Å². The van der Waals surface area contributed by atoms with Gasteiger partial charge in [0.15, 0.2) is 5.82 Å². The summed E-state index contributed by atoms with van der Waals surface area (Å²) in [6, 6.07) is 2.89. The maximum Gasteiger partial charge on any atom is 0.158 e. The number of halogens is 1. The quantitative estimate of drug-likeness (QED) is 0.778. The molecule has 3 heterocycles. The van der Waals surface area contributed by atoms with Gasteiger partial charge in [-0.1, -0.05) is 11.6 Å². The second-order valence-corrected chi connectivity index (χ2v) is 6.01. The Morgan fingerprint density at radius 2 is 2.19 bits per heavy atom. The van der Waals surface area contributed by atoms with Crippen molar-refractivity contribution in [3.05, 3.63) is 17.0 Å². The monoisotopic (exact) mass is 312 g/mol. The lowest BCUT2D eigenvalue weighted by Gasteiger charge is -2.46. The largest absolute Gasteiger partial charge is 0.378 e. The molecule has 0 amide bonds. The highest BCUT2D eigenvalue weighted by atomic mass is 35.5. The van der Waals surface area contributed by atoms with E-state index in [-0.39, 0.29) is 0 Å². The first-order valence-electron chi connectivity index (χ1n) is 7.28. The van der Waals surface area contributed by atoms with Gasteiger partial charge in [-0.15, -0.1) is 0 Å². The van der Waals surface area contributed by atoms with Crippen LogP contribution in [0.1, 0.15) is 12.7 Å². The van der Waals surface area contributed by atoms with E-state index in [0.717, 1.165) is 38.7 Å². The molecular formula is C14H21ClN4O2. The minimum Gasteiger partial charge on any atom is -0.378 e. The number of hydrogen-bond acceptors (Lipinski definition) is 6. The van der Waals surface area contributed by atoms with Crippen molar-refractivity contribution in [1.29, 1.82) is 0 Å². The van der Waals surface area contributed by atoms with Crippen molar-refractivity contribution < 1.29 is 9.47 Å². The Hall–Kier alpha value is -0.950. The lowest BCUT2D eigenvalue weighted by atomic mass is 10.1. The molecule has 3 rings (SSSR count). The third-order valence-corrected chi connectivity index (χ3v) is 4.29. The van der Waals surface area contributed by atoms with Crippen LogP contribution in [0.25, 0.3) is 0 Å². The summed E-state index contributed by atoms with van der Waals surface area (Å²) in [5.74, 6) is 1.51. The van der Waals surface area contributed by atoms with E-state index < -0.39 is 0 Å². The minimum absolute atomic E-state index is 0.377. The maximum atomic E-state index is 6.09. The second-order valence-electron chi connectivity index (χ2n) is 5.62. The molecule has 21 heavy (non-hydrogen) atoms. The van der Waals surface area contributed by atoms with Crippen LogP contribution in [-0.2, 0) is 16.1 Å². The van der Waals surface area contributed by atoms with E-state index in [2.05, 4.69) is 26.7 Å². The number of piperazine rings is 1. The first kappa shape index (κ1) is 15.0. The van der Waals surface area contributed by atoms with Crippen LogP contribution in [0.5, 0.6) is 0 Å². The molecule has 116 valence electrons. The molecule has 0 saturated carbocycles. The number of anilines is 1. The number of methoxy groups -OCH3 is 1. The van der Waals surface area contributed by atoms with Crippen molar-refractivity contribution in [2.24, 2.45) is 0 Å². The Morgan fingerprint density at radius 1 is 1.38 bits per heavy atom. The molecule has 1 aromatic heterocycles. The molecule has 0 unspecified atom stereocenters. The van der Waals surface area contributed by atoms with Gasteiger partial charge in [0, 0.05) is 38.9 Å². The SMILES string of the molecule is COCc1nc(Cl)cc(N2CCN(C3COC3)[C@@H](C)C2)n1. The van der Waals surface area contributed by atoms with Gasteiger partial charge in [-0.05, 0) is 6.92 Å². The van der Waals surface area contributed by atoms with E-state index in [1.807, 2.05) is 6.07 Å². The van der Waals surface area contributed by atoms with Gasteiger partial charge in [0.1, 0.15) is 17.6 Å². The first-order chi connectivity index (χ1) is 10.2. The van der Waals surface area contributed by atoms with E-state index in [1.165, 1.54) is 0 Å². The third-order valence-electron chi connectivity index (χ3n) is 4.09. The van der Waals surface area contributed by atoms with E-state index in [0.29, 0.717) is 29.7 Å². The van der Waals surface area contributed by atoms with E-state index in [9.17, 15) is 0 Å². The minimum atomic E-state index is 0.377. The molecule has 0 N–H and O–H groups in total. The van der Waals surface area contributed by atoms with Crippen molar-refractivity contribution in [2.75, 3.05) is 44.9 Å². The number of ether oxygens (including phenoxy) is 2. The summed E-state index contributed by atoms with van der Waals surface area (Å²) < 4.78 is 10.4. The summed E-state index contributed by atoms with van der Waals surface area (Å²) in [7, 11) is 1.63. The predicted molar refractivity (Wildman–Crippen MR) is 80.7 cm³/mol. The summed E-state index contributed by atoms with van der Waals surface area (Å²) in [5, 5.41) is 0.467. The molecule has 6 nitrogen and oxygen atoms in total. The Labute approximate surface area is 130 Å². The molecule has 0 spiro atoms. The van der Waals surface area contributed by atoms with Crippen LogP contribution >= 0.6 is 11.6 Å². The zero-order valence-electron chi connectivity index (χ0n) is 12.5. The predicted octanol–water partition coefficient (Wildman–Crippen LogP) is 1.19. The molecular weight excluding hydrogens is 292 g/mol. The van der Waals surface area contributed by atoms with Crippen molar-refractivity contribution in [2.45, 2.75) is 25.6 Å². The highest BCUT2D eigenvalue weighted by molar-refractivity contribution is 6.29. The maximum absolute atomic E-state index is 6.09. The van der Waals surface area contributed by atoms with Gasteiger partial charge in [-0.3, -0.25) is 4.90 Å². The van der Waals surface area contributed by atoms with Crippen LogP contribution in [0.3, 0.4) is 0 Å². The van der Waals surface area contributed by atoms with Crippen molar-refractivity contribution >= 4 is 17.4 Å². The Balaban J connectivity index is 1.70. The average Bonchev–Trinajstić information content (AvgIpc) is 2.38. The first-order valence-corrected chi connectivity index (χ1v) is 7.66. The fraction of sp³-hybridized carbons (Fsp3) is 0.714. The van der Waals surface area contributed by atoms with Gasteiger partial charge in [-0.25, -0.2) is 9.97 Å². The third kappa shape index (κ3) is 3.29. The van der Waals surface area contributed by atoms with Gasteiger partial charge in [0.05, 0.1) is 19.3 Å². The zero-order chi connectivity index (χ0) is 14.8. The highest BCUT2D eigenvalue weighted by Gasteiger charge is 2.33. The van der Waals surface area contributed by atoms with Crippen LogP contribution in [0.4, 0.5) is 5.82 Å². The number of rotatable bonds is 4. The average molecular weight is 313 g/mol. The zero-order valence-corrected chi connectivity index (χ0v) is 13.2. The van der Waals surface area contributed by atoms with Gasteiger partial charge in [0.25, 0.3) is 0 Å². The van der Waals surface area contributed by atoms with Gasteiger partial charge >= 0.3 is 0 Å². The van der Waals surface area contributed by atoms with E-state index in [4.69, 9.17) is 21.1 Å². The topological polar surface area (TPSA) is 50.7 Å². The molecule has 2 saturated heterocycles. The molecule has 1 aromatic rings. The Bertz CT molecular complexity index is 498. The van der Waals surface area contributed by atoms with Crippen molar-refractivity contribution in [1.82, 2.24) is 14.9 Å². The van der Waals surface area contributed by atoms with Crippen LogP contribution in [0.2, 0.25) is 5.15 Å². The van der Waals surface area contributed by atoms with E-state index >= 15 is 0 Å². The van der Waals surface area contributed by atoms with Crippen LogP contribution in [0, 0.1) is 0 Å². The molecule has 2 aliphatic rings. The van der Waals surface area contributed by atoms with Gasteiger partial charge in [-0.2, -0.15) is 0 Å². The highest BCUT2D eigenvalue weighted by Crippen LogP contribution is 2.23. The molecule has 0 bridgehead atoms. The summed E-state index contributed by atoms with van der Waals surface area (Å²) in [4.78, 5) is 13.5. The fourth-order valence-electron chi connectivity index (χ4n) is 2.94. The normalized spacial score (nSPS) is 24.1. The second kappa shape index (κ2) is 6.44. The smallest absolute Gasteiger partial charge is 0.158 e. The van der Waals surface area contributed by atoms with Crippen LogP contribution in [0.15, 0.2) is 6.07 Å². The number of nitrogens with zero attached hydrogens (tertiary/aromatic N) is 4. The molecule has 0 aromatic carbocycles. The lowest BCUT2D eigenvalue weighted by Crippen LogP contribution is -2.60. The molecule has 2 aliphatic heterocycles. The van der Waals surface area contributed by atoms with Crippen molar-refractivity contribution in [3.63, 3.8) is 0 Å². The summed E-state index contributed by atoms with van der Waals surface area (Å²) in [6.45, 7) is 7.27. The molecule has 2 fully saturated rings. The number of aromatic nitrogens is 2. The summed E-state index contributed by atoms with van der Waals surface area (Å²) >= 11 is 6.09. The standard InChI is InChI=1S/C14H21ClN4O2/c1-10-6-18(3-4-19(10)11-7-21-8-11)14-5-12(15)16-13(17-14)9-20-2/h5,10-11H,3-4,6-9H2,1-2H3/t10-/m0/s1. The summed E-state index contributed by atoms with van der Waals surface area (Å²) in [5.41, 5.74) is 0. The lowest BCUT2D eigenvalue weighted by molar-refractivity contribution is -0.0793. The summed E-state index contributed by atoms with van der Waals surface area (Å²) in [6.07, 6.45) is 0. The number of hydrogen-bond donors (Lipinski definition) is 0.